The van der Waals surface area contributed by atoms with E-state index in [9.17, 15) is 18.0 Å². The van der Waals surface area contributed by atoms with Gasteiger partial charge in [0, 0.05) is 32.6 Å². The molecule has 0 aromatic heterocycles. The number of hydrogen-bond acceptors (Lipinski definition) is 9. The Labute approximate surface area is 305 Å². The van der Waals surface area contributed by atoms with E-state index in [-0.39, 0.29) is 43.5 Å². The Bertz CT molecular complexity index is 1870. The maximum atomic E-state index is 14.1. The van der Waals surface area contributed by atoms with Crippen molar-refractivity contribution in [2.24, 2.45) is 0 Å². The summed E-state index contributed by atoms with van der Waals surface area (Å²) in [4.78, 5) is 29.8. The highest BCUT2D eigenvalue weighted by Gasteiger charge is 2.31. The average molecular weight is 732 g/mol. The number of methoxy groups -OCH3 is 3. The van der Waals surface area contributed by atoms with Crippen LogP contribution in [0.3, 0.4) is 0 Å². The molecule has 0 bridgehead atoms. The summed E-state index contributed by atoms with van der Waals surface area (Å²) in [6.45, 7) is 1.33. The standard InChI is InChI=1S/C39H45N3O9S/c1-47-32-12-9-31(10-13-32)27-42(38(43)28-51-33-14-16-34(17-15-33)52(45,46)41-21-23-50-24-22-41)35(25-29-7-5-4-6-8-29)39(44)40-20-19-30-11-18-36(48-2)37(26-30)49-3/h4-18,26,35H,19-25,27-28H2,1-3H3,(H,40,44). The first kappa shape index (κ1) is 38.1. The Kier molecular flexibility index (Phi) is 13.5. The van der Waals surface area contributed by atoms with Crippen molar-refractivity contribution in [3.8, 4) is 23.0 Å². The maximum Gasteiger partial charge on any atom is 0.261 e. The number of morpholine rings is 1. The second-order valence-electron chi connectivity index (χ2n) is 12.1. The van der Waals surface area contributed by atoms with Crippen LogP contribution in [0.15, 0.2) is 102 Å². The van der Waals surface area contributed by atoms with Gasteiger partial charge >= 0.3 is 0 Å². The van der Waals surface area contributed by atoms with E-state index in [1.165, 1.54) is 33.5 Å². The fourth-order valence-corrected chi connectivity index (χ4v) is 7.25. The molecular weight excluding hydrogens is 687 g/mol. The molecule has 0 spiro atoms. The Morgan fingerprint density at radius 2 is 1.44 bits per heavy atom. The molecule has 13 heteroatoms. The van der Waals surface area contributed by atoms with Gasteiger partial charge in [0.2, 0.25) is 15.9 Å². The molecule has 4 aromatic carbocycles. The van der Waals surface area contributed by atoms with Crippen LogP contribution in [0.2, 0.25) is 0 Å². The van der Waals surface area contributed by atoms with E-state index in [2.05, 4.69) is 5.32 Å². The summed E-state index contributed by atoms with van der Waals surface area (Å²) < 4.78 is 54.8. The molecule has 0 saturated carbocycles. The molecule has 1 unspecified atom stereocenters. The molecule has 276 valence electrons. The topological polar surface area (TPSA) is 133 Å². The van der Waals surface area contributed by atoms with Crippen LogP contribution in [-0.2, 0) is 43.7 Å². The molecule has 4 aromatic rings. The molecule has 1 aliphatic rings. The summed E-state index contributed by atoms with van der Waals surface area (Å²) in [5, 5.41) is 3.04. The number of amides is 2. The number of carbonyl (C=O) groups is 2. The van der Waals surface area contributed by atoms with Crippen molar-refractivity contribution in [1.82, 2.24) is 14.5 Å². The normalized spacial score (nSPS) is 13.8. The lowest BCUT2D eigenvalue weighted by atomic mass is 10.0. The Hall–Kier alpha value is -5.11. The predicted octanol–water partition coefficient (Wildman–Crippen LogP) is 4.11. The van der Waals surface area contributed by atoms with E-state index in [1.807, 2.05) is 60.7 Å². The summed E-state index contributed by atoms with van der Waals surface area (Å²) in [7, 11) is 1.04. The SMILES string of the molecule is COc1ccc(CN(C(=O)COc2ccc(S(=O)(=O)N3CCOCC3)cc2)C(Cc2ccccc2)C(=O)NCCc2ccc(OC)c(OC)c2)cc1. The first-order valence-corrected chi connectivity index (χ1v) is 18.4. The van der Waals surface area contributed by atoms with Gasteiger partial charge in [0.15, 0.2) is 18.1 Å². The van der Waals surface area contributed by atoms with E-state index < -0.39 is 22.0 Å². The molecule has 1 saturated heterocycles. The number of ether oxygens (including phenoxy) is 5. The Balaban J connectivity index is 1.35. The van der Waals surface area contributed by atoms with E-state index in [4.69, 9.17) is 23.7 Å². The largest absolute Gasteiger partial charge is 0.497 e. The van der Waals surface area contributed by atoms with Gasteiger partial charge < -0.3 is 33.9 Å². The third-order valence-corrected chi connectivity index (χ3v) is 10.7. The zero-order valence-corrected chi connectivity index (χ0v) is 30.5. The van der Waals surface area contributed by atoms with Crippen LogP contribution in [-0.4, -0.2) is 96.3 Å². The minimum absolute atomic E-state index is 0.127. The number of hydrogen-bond donors (Lipinski definition) is 1. The Morgan fingerprint density at radius 1 is 0.788 bits per heavy atom. The fourth-order valence-electron chi connectivity index (χ4n) is 5.84. The van der Waals surface area contributed by atoms with Gasteiger partial charge in [0.1, 0.15) is 17.5 Å². The van der Waals surface area contributed by atoms with Crippen LogP contribution in [0.4, 0.5) is 0 Å². The van der Waals surface area contributed by atoms with Gasteiger partial charge in [-0.15, -0.1) is 0 Å². The maximum absolute atomic E-state index is 14.1. The molecule has 1 fully saturated rings. The summed E-state index contributed by atoms with van der Waals surface area (Å²) in [6, 6.07) is 27.5. The summed E-state index contributed by atoms with van der Waals surface area (Å²) in [5.74, 6) is 1.45. The zero-order valence-electron chi connectivity index (χ0n) is 29.7. The molecule has 2 amide bonds. The van der Waals surface area contributed by atoms with Crippen molar-refractivity contribution < 1.29 is 41.7 Å². The molecule has 1 atom stereocenters. The van der Waals surface area contributed by atoms with Crippen LogP contribution >= 0.6 is 0 Å². The van der Waals surface area contributed by atoms with Gasteiger partial charge in [-0.2, -0.15) is 4.31 Å². The Morgan fingerprint density at radius 3 is 2.10 bits per heavy atom. The van der Waals surface area contributed by atoms with Gasteiger partial charge in [-0.1, -0.05) is 48.5 Å². The van der Waals surface area contributed by atoms with Crippen molar-refractivity contribution in [2.75, 3.05) is 60.8 Å². The lowest BCUT2D eigenvalue weighted by Gasteiger charge is -2.31. The molecular formula is C39H45N3O9S. The van der Waals surface area contributed by atoms with Gasteiger partial charge in [-0.25, -0.2) is 8.42 Å². The third kappa shape index (κ3) is 10.0. The second kappa shape index (κ2) is 18.4. The highest BCUT2D eigenvalue weighted by atomic mass is 32.2. The van der Waals surface area contributed by atoms with E-state index >= 15 is 0 Å². The highest BCUT2D eigenvalue weighted by molar-refractivity contribution is 7.89. The summed E-state index contributed by atoms with van der Waals surface area (Å²) in [6.07, 6.45) is 0.788. The van der Waals surface area contributed by atoms with Gasteiger partial charge in [0.05, 0.1) is 39.4 Å². The van der Waals surface area contributed by atoms with Crippen molar-refractivity contribution in [2.45, 2.75) is 30.3 Å². The number of rotatable bonds is 17. The zero-order chi connectivity index (χ0) is 36.9. The van der Waals surface area contributed by atoms with Crippen molar-refractivity contribution in [3.05, 3.63) is 114 Å². The number of benzene rings is 4. The molecule has 1 heterocycles. The molecule has 1 aliphatic heterocycles. The second-order valence-corrected chi connectivity index (χ2v) is 14.0. The first-order chi connectivity index (χ1) is 25.2. The highest BCUT2D eigenvalue weighted by Crippen LogP contribution is 2.28. The van der Waals surface area contributed by atoms with E-state index in [0.717, 1.165) is 16.7 Å². The molecule has 0 radical (unpaired) electrons. The number of nitrogens with zero attached hydrogens (tertiary/aromatic N) is 2. The van der Waals surface area contributed by atoms with Crippen LogP contribution in [0.1, 0.15) is 16.7 Å². The lowest BCUT2D eigenvalue weighted by Crippen LogP contribution is -2.52. The lowest BCUT2D eigenvalue weighted by molar-refractivity contribution is -0.142. The summed E-state index contributed by atoms with van der Waals surface area (Å²) >= 11 is 0. The van der Waals surface area contributed by atoms with Crippen LogP contribution in [0, 0.1) is 0 Å². The summed E-state index contributed by atoms with van der Waals surface area (Å²) in [5.41, 5.74) is 2.62. The van der Waals surface area contributed by atoms with Gasteiger partial charge in [-0.05, 0) is 71.6 Å². The quantitative estimate of drug-likeness (QED) is 0.170. The smallest absolute Gasteiger partial charge is 0.261 e. The molecule has 5 rings (SSSR count). The van der Waals surface area contributed by atoms with E-state index in [0.29, 0.717) is 49.2 Å². The number of nitrogens with one attached hydrogen (secondary N) is 1. The van der Waals surface area contributed by atoms with Gasteiger partial charge in [0.25, 0.3) is 5.91 Å². The predicted molar refractivity (Wildman–Crippen MR) is 195 cm³/mol. The van der Waals surface area contributed by atoms with Crippen LogP contribution in [0.5, 0.6) is 23.0 Å². The van der Waals surface area contributed by atoms with Crippen LogP contribution < -0.4 is 24.3 Å². The average Bonchev–Trinajstić information content (AvgIpc) is 3.19. The number of carbonyl (C=O) groups excluding carboxylic acids is 2. The van der Waals surface area contributed by atoms with E-state index in [1.54, 1.807) is 33.5 Å². The van der Waals surface area contributed by atoms with Crippen LogP contribution in [0.25, 0.3) is 0 Å². The van der Waals surface area contributed by atoms with Gasteiger partial charge in [-0.3, -0.25) is 9.59 Å². The monoisotopic (exact) mass is 731 g/mol. The molecule has 52 heavy (non-hydrogen) atoms. The minimum atomic E-state index is -3.69. The minimum Gasteiger partial charge on any atom is -0.497 e. The molecule has 12 nitrogen and oxygen atoms in total. The first-order valence-electron chi connectivity index (χ1n) is 17.0. The van der Waals surface area contributed by atoms with Crippen molar-refractivity contribution in [1.29, 1.82) is 0 Å². The molecule has 0 aliphatic carbocycles. The van der Waals surface area contributed by atoms with Crippen molar-refractivity contribution >= 4 is 21.8 Å². The number of sulfonamides is 1. The fraction of sp³-hybridized carbons (Fsp3) is 0.333. The molecule has 1 N–H and O–H groups in total. The van der Waals surface area contributed by atoms with Crippen molar-refractivity contribution in [3.63, 3.8) is 0 Å². The third-order valence-electron chi connectivity index (χ3n) is 8.74.